The lowest BCUT2D eigenvalue weighted by Crippen LogP contribution is -2.41. The number of H-pyrrole nitrogens is 1. The molecule has 4 aromatic rings. The Kier molecular flexibility index (Phi) is 4.71. The van der Waals surface area contributed by atoms with Gasteiger partial charge in [0.2, 0.25) is 5.56 Å². The largest absolute Gasteiger partial charge is 0.327 e. The van der Waals surface area contributed by atoms with Gasteiger partial charge in [-0.15, -0.1) is 10.2 Å². The molecule has 0 saturated heterocycles. The molecule has 1 aliphatic heterocycles. The summed E-state index contributed by atoms with van der Waals surface area (Å²) < 4.78 is 1.97. The average molecular weight is 411 g/mol. The maximum absolute atomic E-state index is 13.2. The minimum Gasteiger partial charge on any atom is -0.327 e. The van der Waals surface area contributed by atoms with Crippen molar-refractivity contribution in [2.75, 3.05) is 6.54 Å². The molecule has 0 saturated carbocycles. The second kappa shape index (κ2) is 7.68. The maximum atomic E-state index is 13.2. The summed E-state index contributed by atoms with van der Waals surface area (Å²) in [7, 11) is 0. The molecule has 0 fully saturated rings. The molecule has 2 aromatic carbocycles. The fourth-order valence-electron chi connectivity index (χ4n) is 4.04. The van der Waals surface area contributed by atoms with Crippen LogP contribution in [0.1, 0.15) is 29.1 Å². The summed E-state index contributed by atoms with van der Waals surface area (Å²) >= 11 is 0. The topological polar surface area (TPSA) is 83.9 Å². The summed E-state index contributed by atoms with van der Waals surface area (Å²) in [5.41, 5.74) is 3.27. The van der Waals surface area contributed by atoms with Crippen molar-refractivity contribution in [1.29, 1.82) is 0 Å². The monoisotopic (exact) mass is 411 g/mol. The van der Waals surface area contributed by atoms with Crippen LogP contribution in [0.15, 0.2) is 77.6 Å². The highest BCUT2D eigenvalue weighted by atomic mass is 16.2. The summed E-state index contributed by atoms with van der Waals surface area (Å²) in [6.07, 6.45) is 0. The molecule has 1 N–H and O–H groups in total. The molecule has 7 nitrogen and oxygen atoms in total. The summed E-state index contributed by atoms with van der Waals surface area (Å²) in [6, 6.07) is 22.5. The summed E-state index contributed by atoms with van der Waals surface area (Å²) in [5.74, 6) is 1.29. The van der Waals surface area contributed by atoms with E-state index in [4.69, 9.17) is 0 Å². The normalized spacial score (nSPS) is 15.5. The predicted molar refractivity (Wildman–Crippen MR) is 117 cm³/mol. The number of carbonyl (C=O) groups is 1. The SMILES string of the molecule is CC1c2nnc(-c3cccc(=O)[nH]3)n2CCN1C(=O)c1ccc(-c2ccccc2)cc1. The second-order valence-electron chi connectivity index (χ2n) is 7.58. The molecule has 1 aliphatic rings. The lowest BCUT2D eigenvalue weighted by atomic mass is 10.0. The number of hydrogen-bond acceptors (Lipinski definition) is 4. The molecule has 2 aromatic heterocycles. The van der Waals surface area contributed by atoms with Crippen molar-refractivity contribution in [3.8, 4) is 22.6 Å². The molecular formula is C24H21N5O2. The van der Waals surface area contributed by atoms with Crippen LogP contribution in [0.3, 0.4) is 0 Å². The van der Waals surface area contributed by atoms with E-state index in [1.54, 1.807) is 12.1 Å². The molecule has 5 rings (SSSR count). The van der Waals surface area contributed by atoms with Crippen molar-refractivity contribution >= 4 is 5.91 Å². The van der Waals surface area contributed by atoms with Gasteiger partial charge in [0.25, 0.3) is 5.91 Å². The molecule has 1 unspecified atom stereocenters. The molecule has 0 aliphatic carbocycles. The van der Waals surface area contributed by atoms with Crippen LogP contribution in [-0.2, 0) is 6.54 Å². The molecule has 1 amide bonds. The smallest absolute Gasteiger partial charge is 0.254 e. The Bertz CT molecular complexity index is 1290. The first kappa shape index (κ1) is 19.0. The Hall–Kier alpha value is -4.00. The van der Waals surface area contributed by atoms with Gasteiger partial charge in [-0.3, -0.25) is 9.59 Å². The number of aromatic amines is 1. The molecular weight excluding hydrogens is 390 g/mol. The number of benzene rings is 2. The standard InChI is InChI=1S/C24H21N5O2/c1-16-22-26-27-23(20-8-5-9-21(30)25-20)29(22)15-14-28(16)24(31)19-12-10-18(11-13-19)17-6-3-2-4-7-17/h2-13,16H,14-15H2,1H3,(H,25,30). The summed E-state index contributed by atoms with van der Waals surface area (Å²) in [5, 5.41) is 8.60. The summed E-state index contributed by atoms with van der Waals surface area (Å²) in [4.78, 5) is 29.5. The zero-order valence-electron chi connectivity index (χ0n) is 17.0. The van der Waals surface area contributed by atoms with Gasteiger partial charge in [0.1, 0.15) is 0 Å². The van der Waals surface area contributed by atoms with E-state index in [0.29, 0.717) is 36.0 Å². The number of pyridine rings is 1. The van der Waals surface area contributed by atoms with E-state index in [-0.39, 0.29) is 17.5 Å². The van der Waals surface area contributed by atoms with Gasteiger partial charge in [-0.1, -0.05) is 48.5 Å². The average Bonchev–Trinajstić information content (AvgIpc) is 3.25. The maximum Gasteiger partial charge on any atom is 0.254 e. The first-order valence-corrected chi connectivity index (χ1v) is 10.2. The molecule has 0 spiro atoms. The van der Waals surface area contributed by atoms with Crippen molar-refractivity contribution in [3.63, 3.8) is 0 Å². The first-order valence-electron chi connectivity index (χ1n) is 10.2. The third-order valence-electron chi connectivity index (χ3n) is 5.69. The number of amides is 1. The number of hydrogen-bond donors (Lipinski definition) is 1. The van der Waals surface area contributed by atoms with E-state index < -0.39 is 0 Å². The minimum absolute atomic E-state index is 0.0315. The van der Waals surface area contributed by atoms with Crippen LogP contribution < -0.4 is 5.56 Å². The zero-order chi connectivity index (χ0) is 21.4. The highest BCUT2D eigenvalue weighted by molar-refractivity contribution is 5.95. The number of aromatic nitrogens is 4. The van der Waals surface area contributed by atoms with E-state index in [9.17, 15) is 9.59 Å². The highest BCUT2D eigenvalue weighted by Crippen LogP contribution is 2.29. The number of rotatable bonds is 3. The van der Waals surface area contributed by atoms with Gasteiger partial charge in [0, 0.05) is 24.7 Å². The lowest BCUT2D eigenvalue weighted by molar-refractivity contribution is 0.0638. The van der Waals surface area contributed by atoms with Gasteiger partial charge >= 0.3 is 0 Å². The fraction of sp³-hybridized carbons (Fsp3) is 0.167. The molecule has 0 bridgehead atoms. The van der Waals surface area contributed by atoms with Gasteiger partial charge in [-0.05, 0) is 36.2 Å². The van der Waals surface area contributed by atoms with Crippen molar-refractivity contribution in [2.45, 2.75) is 19.5 Å². The van der Waals surface area contributed by atoms with Crippen LogP contribution in [0, 0.1) is 0 Å². The van der Waals surface area contributed by atoms with Crippen LogP contribution in [0.2, 0.25) is 0 Å². The van der Waals surface area contributed by atoms with Crippen LogP contribution in [0.25, 0.3) is 22.6 Å². The Morgan fingerprint density at radius 1 is 0.903 bits per heavy atom. The van der Waals surface area contributed by atoms with Crippen LogP contribution >= 0.6 is 0 Å². The zero-order valence-corrected chi connectivity index (χ0v) is 17.0. The van der Waals surface area contributed by atoms with Crippen molar-refractivity contribution < 1.29 is 4.79 Å². The second-order valence-corrected chi connectivity index (χ2v) is 7.58. The van der Waals surface area contributed by atoms with E-state index >= 15 is 0 Å². The number of nitrogens with one attached hydrogen (secondary N) is 1. The predicted octanol–water partition coefficient (Wildman–Crippen LogP) is 3.52. The van der Waals surface area contributed by atoms with Gasteiger partial charge < -0.3 is 14.5 Å². The van der Waals surface area contributed by atoms with Gasteiger partial charge in [-0.2, -0.15) is 0 Å². The third-order valence-corrected chi connectivity index (χ3v) is 5.69. The molecule has 7 heteroatoms. The van der Waals surface area contributed by atoms with Crippen molar-refractivity contribution in [1.82, 2.24) is 24.6 Å². The Morgan fingerprint density at radius 2 is 1.65 bits per heavy atom. The lowest BCUT2D eigenvalue weighted by Gasteiger charge is -2.33. The van der Waals surface area contributed by atoms with E-state index in [0.717, 1.165) is 11.1 Å². The van der Waals surface area contributed by atoms with Crippen molar-refractivity contribution in [2.24, 2.45) is 0 Å². The van der Waals surface area contributed by atoms with Crippen LogP contribution in [0.5, 0.6) is 0 Å². The number of fused-ring (bicyclic) bond motifs is 1. The number of nitrogens with zero attached hydrogens (tertiary/aromatic N) is 4. The number of carbonyl (C=O) groups excluding carboxylic acids is 1. The van der Waals surface area contributed by atoms with Crippen molar-refractivity contribution in [3.05, 3.63) is 94.5 Å². The summed E-state index contributed by atoms with van der Waals surface area (Å²) in [6.45, 7) is 3.05. The van der Waals surface area contributed by atoms with E-state index in [1.165, 1.54) is 6.07 Å². The molecule has 3 heterocycles. The molecule has 154 valence electrons. The minimum atomic E-state index is -0.230. The van der Waals surface area contributed by atoms with Crippen LogP contribution in [-0.4, -0.2) is 37.1 Å². The molecule has 0 radical (unpaired) electrons. The van der Waals surface area contributed by atoms with E-state index in [1.807, 2.05) is 71.0 Å². The Labute approximate surface area is 179 Å². The Morgan fingerprint density at radius 3 is 2.39 bits per heavy atom. The van der Waals surface area contributed by atoms with Gasteiger partial charge in [0.05, 0.1) is 11.7 Å². The first-order chi connectivity index (χ1) is 15.1. The highest BCUT2D eigenvalue weighted by Gasteiger charge is 2.32. The van der Waals surface area contributed by atoms with Crippen LogP contribution in [0.4, 0.5) is 0 Å². The molecule has 1 atom stereocenters. The quantitative estimate of drug-likeness (QED) is 0.559. The fourth-order valence-corrected chi connectivity index (χ4v) is 4.04. The Balaban J connectivity index is 1.39. The van der Waals surface area contributed by atoms with Gasteiger partial charge in [0.15, 0.2) is 11.6 Å². The van der Waals surface area contributed by atoms with Gasteiger partial charge in [-0.25, -0.2) is 0 Å². The van der Waals surface area contributed by atoms with E-state index in [2.05, 4.69) is 15.2 Å². The third kappa shape index (κ3) is 3.44. The molecule has 31 heavy (non-hydrogen) atoms.